The van der Waals surface area contributed by atoms with Gasteiger partial charge in [-0.25, -0.2) is 0 Å². The van der Waals surface area contributed by atoms with Crippen LogP contribution in [0.25, 0.3) is 0 Å². The first kappa shape index (κ1) is 19.0. The third-order valence-corrected chi connectivity index (χ3v) is 5.70. The first-order valence-electron chi connectivity index (χ1n) is 9.66. The molecule has 28 heavy (non-hydrogen) atoms. The molecule has 2 atom stereocenters. The van der Waals surface area contributed by atoms with E-state index in [1.165, 1.54) is 12.8 Å². The molecular weight excluding hydrogens is 374 g/mol. The molecule has 5 nitrogen and oxygen atoms in total. The second kappa shape index (κ2) is 7.94. The van der Waals surface area contributed by atoms with Gasteiger partial charge in [-0.1, -0.05) is 54.1 Å². The molecule has 1 aliphatic carbocycles. The quantitative estimate of drug-likeness (QED) is 0.754. The Hall–Kier alpha value is -2.37. The van der Waals surface area contributed by atoms with Gasteiger partial charge in [0.05, 0.1) is 19.0 Å². The zero-order valence-electron chi connectivity index (χ0n) is 15.6. The van der Waals surface area contributed by atoms with Gasteiger partial charge >= 0.3 is 0 Å². The lowest BCUT2D eigenvalue weighted by Gasteiger charge is -2.37. The van der Waals surface area contributed by atoms with Gasteiger partial charge in [-0.15, -0.1) is 0 Å². The third-order valence-electron chi connectivity index (χ3n) is 5.45. The molecule has 4 rings (SSSR count). The van der Waals surface area contributed by atoms with Gasteiger partial charge in [-0.05, 0) is 42.0 Å². The number of carbonyl (C=O) groups is 1. The molecule has 1 amide bonds. The molecule has 0 bridgehead atoms. The van der Waals surface area contributed by atoms with Crippen LogP contribution in [0.4, 0.5) is 0 Å². The van der Waals surface area contributed by atoms with Crippen molar-refractivity contribution < 1.29 is 9.90 Å². The second-order valence-corrected chi connectivity index (χ2v) is 7.89. The topological polar surface area (TPSA) is 64.9 Å². The predicted octanol–water partition coefficient (Wildman–Crippen LogP) is 3.14. The number of nitrogens with one attached hydrogen (secondary N) is 1. The van der Waals surface area contributed by atoms with E-state index in [0.29, 0.717) is 10.9 Å². The van der Waals surface area contributed by atoms with Crippen LogP contribution in [-0.2, 0) is 10.3 Å². The SMILES string of the molecule is O=C(NCCO)C1(c2ccccc2)N=CN(CC2CC2)C1c1ccc(Cl)cc1. The summed E-state index contributed by atoms with van der Waals surface area (Å²) in [4.78, 5) is 20.4. The van der Waals surface area contributed by atoms with Gasteiger partial charge in [-0.2, -0.15) is 0 Å². The Bertz CT molecular complexity index is 852. The summed E-state index contributed by atoms with van der Waals surface area (Å²) in [5.41, 5.74) is 0.713. The minimum atomic E-state index is -1.11. The number of carbonyl (C=O) groups excluding carboxylic acids is 1. The second-order valence-electron chi connectivity index (χ2n) is 7.45. The van der Waals surface area contributed by atoms with E-state index < -0.39 is 5.54 Å². The van der Waals surface area contributed by atoms with E-state index in [2.05, 4.69) is 10.2 Å². The molecule has 2 aromatic rings. The van der Waals surface area contributed by atoms with E-state index in [9.17, 15) is 9.90 Å². The van der Waals surface area contributed by atoms with Crippen molar-refractivity contribution >= 4 is 23.8 Å². The van der Waals surface area contributed by atoms with Gasteiger partial charge in [0.1, 0.15) is 0 Å². The zero-order valence-corrected chi connectivity index (χ0v) is 16.3. The van der Waals surface area contributed by atoms with Crippen molar-refractivity contribution in [1.82, 2.24) is 10.2 Å². The number of benzene rings is 2. The van der Waals surface area contributed by atoms with Gasteiger partial charge < -0.3 is 15.3 Å². The summed E-state index contributed by atoms with van der Waals surface area (Å²) in [7, 11) is 0. The van der Waals surface area contributed by atoms with Gasteiger partial charge in [0.15, 0.2) is 5.54 Å². The van der Waals surface area contributed by atoms with Crippen LogP contribution in [0.5, 0.6) is 0 Å². The summed E-state index contributed by atoms with van der Waals surface area (Å²) in [6.45, 7) is 0.954. The summed E-state index contributed by atoms with van der Waals surface area (Å²) in [6, 6.07) is 17.0. The fourth-order valence-electron chi connectivity index (χ4n) is 3.91. The smallest absolute Gasteiger partial charge is 0.255 e. The summed E-state index contributed by atoms with van der Waals surface area (Å²) in [6.07, 6.45) is 4.25. The average molecular weight is 398 g/mol. The maximum atomic E-state index is 13.4. The highest BCUT2D eigenvalue weighted by molar-refractivity contribution is 6.30. The molecule has 1 saturated carbocycles. The van der Waals surface area contributed by atoms with Crippen LogP contribution in [0.1, 0.15) is 30.0 Å². The largest absolute Gasteiger partial charge is 0.395 e. The van der Waals surface area contributed by atoms with Gasteiger partial charge in [0.2, 0.25) is 0 Å². The summed E-state index contributed by atoms with van der Waals surface area (Å²) < 4.78 is 0. The first-order chi connectivity index (χ1) is 13.6. The van der Waals surface area contributed by atoms with Gasteiger partial charge in [0, 0.05) is 18.1 Å². The Kier molecular flexibility index (Phi) is 5.38. The van der Waals surface area contributed by atoms with E-state index in [1.54, 1.807) is 0 Å². The molecule has 0 aromatic heterocycles. The minimum Gasteiger partial charge on any atom is -0.395 e. The maximum Gasteiger partial charge on any atom is 0.255 e. The van der Waals surface area contributed by atoms with Crippen molar-refractivity contribution in [3.05, 3.63) is 70.7 Å². The maximum absolute atomic E-state index is 13.4. The Labute approximate surface area is 170 Å². The standard InChI is InChI=1S/C22H24ClN3O2/c23-19-10-8-17(9-11-19)20-22(21(28)24-12-13-27,18-4-2-1-3-5-18)25-15-26(20)14-16-6-7-16/h1-5,8-11,15-16,20,27H,6-7,12-14H2,(H,24,28). The average Bonchev–Trinajstić information content (AvgIpc) is 3.46. The first-order valence-corrected chi connectivity index (χ1v) is 10.0. The van der Waals surface area contributed by atoms with Crippen LogP contribution in [-0.4, -0.2) is 41.9 Å². The number of aliphatic hydroxyl groups excluding tert-OH is 1. The number of nitrogens with zero attached hydrogens (tertiary/aromatic N) is 2. The van der Waals surface area contributed by atoms with Crippen LogP contribution in [0.3, 0.4) is 0 Å². The number of hydrogen-bond acceptors (Lipinski definition) is 4. The molecule has 1 aliphatic heterocycles. The zero-order chi connectivity index (χ0) is 19.6. The number of halogens is 1. The monoisotopic (exact) mass is 397 g/mol. The van der Waals surface area contributed by atoms with Crippen LogP contribution in [0.2, 0.25) is 5.02 Å². The third kappa shape index (κ3) is 3.52. The summed E-state index contributed by atoms with van der Waals surface area (Å²) in [5, 5.41) is 12.7. The van der Waals surface area contributed by atoms with Crippen molar-refractivity contribution in [2.75, 3.05) is 19.7 Å². The number of rotatable bonds is 7. The molecule has 146 valence electrons. The van der Waals surface area contributed by atoms with Crippen molar-refractivity contribution in [2.45, 2.75) is 24.4 Å². The predicted molar refractivity (Wildman–Crippen MR) is 110 cm³/mol. The van der Waals surface area contributed by atoms with Gasteiger partial charge in [-0.3, -0.25) is 9.79 Å². The van der Waals surface area contributed by atoms with E-state index in [1.807, 2.05) is 60.9 Å². The molecule has 0 radical (unpaired) electrons. The molecular formula is C22H24ClN3O2. The molecule has 2 N–H and O–H groups in total. The molecule has 1 heterocycles. The number of aliphatic imine (C=N–C) groups is 1. The molecule has 2 aliphatic rings. The van der Waals surface area contributed by atoms with Crippen LogP contribution < -0.4 is 5.32 Å². The number of hydrogen-bond donors (Lipinski definition) is 2. The van der Waals surface area contributed by atoms with Gasteiger partial charge in [0.25, 0.3) is 5.91 Å². The molecule has 1 fully saturated rings. The molecule has 2 aromatic carbocycles. The molecule has 2 unspecified atom stereocenters. The molecule has 0 spiro atoms. The fraction of sp³-hybridized carbons (Fsp3) is 0.364. The Morgan fingerprint density at radius 2 is 1.89 bits per heavy atom. The lowest BCUT2D eigenvalue weighted by molar-refractivity contribution is -0.128. The van der Waals surface area contributed by atoms with Crippen molar-refractivity contribution in [3.8, 4) is 0 Å². The minimum absolute atomic E-state index is 0.113. The van der Waals surface area contributed by atoms with E-state index >= 15 is 0 Å². The lowest BCUT2D eigenvalue weighted by Crippen LogP contribution is -2.49. The number of amides is 1. The highest BCUT2D eigenvalue weighted by Gasteiger charge is 2.53. The van der Waals surface area contributed by atoms with Crippen LogP contribution in [0, 0.1) is 5.92 Å². The fourth-order valence-corrected chi connectivity index (χ4v) is 4.04. The van der Waals surface area contributed by atoms with Crippen LogP contribution >= 0.6 is 11.6 Å². The highest BCUT2D eigenvalue weighted by Crippen LogP contribution is 2.47. The van der Waals surface area contributed by atoms with Crippen molar-refractivity contribution in [1.29, 1.82) is 0 Å². The Morgan fingerprint density at radius 3 is 2.54 bits per heavy atom. The van der Waals surface area contributed by atoms with E-state index in [0.717, 1.165) is 17.7 Å². The Balaban J connectivity index is 1.82. The normalized spacial score (nSPS) is 23.8. The summed E-state index contributed by atoms with van der Waals surface area (Å²) in [5.74, 6) is 0.440. The highest BCUT2D eigenvalue weighted by atomic mass is 35.5. The van der Waals surface area contributed by atoms with Crippen LogP contribution in [0.15, 0.2) is 59.6 Å². The lowest BCUT2D eigenvalue weighted by atomic mass is 9.79. The van der Waals surface area contributed by atoms with Crippen molar-refractivity contribution in [3.63, 3.8) is 0 Å². The molecule has 6 heteroatoms. The van der Waals surface area contributed by atoms with E-state index in [4.69, 9.17) is 16.6 Å². The summed E-state index contributed by atoms with van der Waals surface area (Å²) >= 11 is 6.12. The van der Waals surface area contributed by atoms with E-state index in [-0.39, 0.29) is 25.1 Å². The number of aliphatic hydroxyl groups is 1. The van der Waals surface area contributed by atoms with Crippen molar-refractivity contribution in [2.24, 2.45) is 10.9 Å². The molecule has 0 saturated heterocycles. The Morgan fingerprint density at radius 1 is 1.18 bits per heavy atom.